The predicted octanol–water partition coefficient (Wildman–Crippen LogP) is 2.24. The molecule has 0 bridgehead atoms. The molecule has 6 heteroatoms. The van der Waals surface area contributed by atoms with Gasteiger partial charge in [0.25, 0.3) is 0 Å². The standard InChI is InChI=1S/C18H22N6/c1-3-22-10-12-23(13-11-22)17-5-4-16-20-14(2)18(24(16)21-17)15-6-8-19-9-7-15/h4-9H,3,10-13H2,1-2H3. The van der Waals surface area contributed by atoms with Crippen LogP contribution in [0, 0.1) is 6.92 Å². The summed E-state index contributed by atoms with van der Waals surface area (Å²) in [4.78, 5) is 13.6. The molecule has 3 aromatic rings. The fourth-order valence-corrected chi connectivity index (χ4v) is 3.34. The van der Waals surface area contributed by atoms with E-state index in [9.17, 15) is 0 Å². The lowest BCUT2D eigenvalue weighted by molar-refractivity contribution is 0.270. The zero-order chi connectivity index (χ0) is 16.5. The van der Waals surface area contributed by atoms with Gasteiger partial charge in [-0.3, -0.25) is 4.98 Å². The first-order valence-corrected chi connectivity index (χ1v) is 8.50. The molecule has 4 rings (SSSR count). The molecule has 0 N–H and O–H groups in total. The molecule has 3 aromatic heterocycles. The maximum absolute atomic E-state index is 4.89. The molecule has 6 nitrogen and oxygen atoms in total. The van der Waals surface area contributed by atoms with Crippen LogP contribution in [-0.2, 0) is 0 Å². The fourth-order valence-electron chi connectivity index (χ4n) is 3.34. The molecular weight excluding hydrogens is 300 g/mol. The number of hydrogen-bond acceptors (Lipinski definition) is 5. The lowest BCUT2D eigenvalue weighted by Gasteiger charge is -2.34. The number of imidazole rings is 1. The molecule has 124 valence electrons. The zero-order valence-electron chi connectivity index (χ0n) is 14.2. The van der Waals surface area contributed by atoms with Crippen LogP contribution in [0.15, 0.2) is 36.7 Å². The van der Waals surface area contributed by atoms with Gasteiger partial charge in [-0.15, -0.1) is 5.10 Å². The average Bonchev–Trinajstić information content (AvgIpc) is 2.97. The Morgan fingerprint density at radius 3 is 2.46 bits per heavy atom. The van der Waals surface area contributed by atoms with E-state index >= 15 is 0 Å². The Bertz CT molecular complexity index is 833. The van der Waals surface area contributed by atoms with E-state index < -0.39 is 0 Å². The van der Waals surface area contributed by atoms with E-state index in [-0.39, 0.29) is 0 Å². The van der Waals surface area contributed by atoms with E-state index in [2.05, 4.69) is 38.8 Å². The number of rotatable bonds is 3. The van der Waals surface area contributed by atoms with Crippen molar-refractivity contribution in [3.05, 3.63) is 42.4 Å². The molecule has 1 saturated heterocycles. The first-order chi connectivity index (χ1) is 11.8. The van der Waals surface area contributed by atoms with Crippen molar-refractivity contribution < 1.29 is 0 Å². The first kappa shape index (κ1) is 15.1. The number of piperazine rings is 1. The van der Waals surface area contributed by atoms with Crippen LogP contribution in [0.5, 0.6) is 0 Å². The summed E-state index contributed by atoms with van der Waals surface area (Å²) in [5.41, 5.74) is 4.01. The van der Waals surface area contributed by atoms with Crippen molar-refractivity contribution in [1.82, 2.24) is 24.5 Å². The van der Waals surface area contributed by atoms with Crippen LogP contribution in [0.4, 0.5) is 5.82 Å². The molecule has 0 aliphatic carbocycles. The van der Waals surface area contributed by atoms with Crippen LogP contribution in [0.1, 0.15) is 12.6 Å². The molecule has 4 heterocycles. The van der Waals surface area contributed by atoms with Crippen LogP contribution >= 0.6 is 0 Å². The molecule has 0 aromatic carbocycles. The number of hydrogen-bond donors (Lipinski definition) is 0. The minimum absolute atomic E-state index is 0.884. The molecule has 0 amide bonds. The smallest absolute Gasteiger partial charge is 0.154 e. The Labute approximate surface area is 141 Å². The van der Waals surface area contributed by atoms with Crippen molar-refractivity contribution in [2.24, 2.45) is 0 Å². The van der Waals surface area contributed by atoms with E-state index in [0.717, 1.165) is 61.1 Å². The Kier molecular flexibility index (Phi) is 3.90. The van der Waals surface area contributed by atoms with E-state index in [0.29, 0.717) is 0 Å². The molecule has 0 saturated carbocycles. The summed E-state index contributed by atoms with van der Waals surface area (Å²) in [7, 11) is 0. The van der Waals surface area contributed by atoms with Gasteiger partial charge in [0.15, 0.2) is 5.65 Å². The van der Waals surface area contributed by atoms with Crippen LogP contribution in [-0.4, -0.2) is 57.2 Å². The molecule has 0 spiro atoms. The highest BCUT2D eigenvalue weighted by atomic mass is 15.4. The number of aromatic nitrogens is 4. The number of likely N-dealkylation sites (N-methyl/N-ethyl adjacent to an activating group) is 1. The van der Waals surface area contributed by atoms with Crippen LogP contribution in [0.2, 0.25) is 0 Å². The molecule has 1 aliphatic heterocycles. The quantitative estimate of drug-likeness (QED) is 0.740. The predicted molar refractivity (Wildman–Crippen MR) is 95.3 cm³/mol. The summed E-state index contributed by atoms with van der Waals surface area (Å²) >= 11 is 0. The van der Waals surface area contributed by atoms with Gasteiger partial charge in [-0.05, 0) is 37.7 Å². The van der Waals surface area contributed by atoms with Gasteiger partial charge in [0.1, 0.15) is 5.82 Å². The molecule has 0 radical (unpaired) electrons. The van der Waals surface area contributed by atoms with Crippen LogP contribution in [0.25, 0.3) is 16.9 Å². The number of pyridine rings is 1. The number of fused-ring (bicyclic) bond motifs is 1. The second-order valence-corrected chi connectivity index (χ2v) is 6.16. The number of nitrogens with zero attached hydrogens (tertiary/aromatic N) is 6. The van der Waals surface area contributed by atoms with Gasteiger partial charge in [0.2, 0.25) is 0 Å². The molecule has 24 heavy (non-hydrogen) atoms. The second-order valence-electron chi connectivity index (χ2n) is 6.16. The normalized spacial score (nSPS) is 16.0. The lowest BCUT2D eigenvalue weighted by atomic mass is 10.2. The van der Waals surface area contributed by atoms with Gasteiger partial charge in [0.05, 0.1) is 11.4 Å². The van der Waals surface area contributed by atoms with Gasteiger partial charge in [-0.1, -0.05) is 6.92 Å². The van der Waals surface area contributed by atoms with Crippen molar-refractivity contribution in [1.29, 1.82) is 0 Å². The molecule has 0 unspecified atom stereocenters. The topological polar surface area (TPSA) is 49.6 Å². The lowest BCUT2D eigenvalue weighted by Crippen LogP contribution is -2.46. The van der Waals surface area contributed by atoms with Crippen LogP contribution in [0.3, 0.4) is 0 Å². The third-order valence-electron chi connectivity index (χ3n) is 4.73. The maximum Gasteiger partial charge on any atom is 0.154 e. The molecule has 1 aliphatic rings. The Morgan fingerprint density at radius 1 is 1.00 bits per heavy atom. The summed E-state index contributed by atoms with van der Waals surface area (Å²) in [5, 5.41) is 4.89. The monoisotopic (exact) mass is 322 g/mol. The zero-order valence-corrected chi connectivity index (χ0v) is 14.2. The van der Waals surface area contributed by atoms with E-state index in [4.69, 9.17) is 5.10 Å². The molecule has 1 fully saturated rings. The minimum atomic E-state index is 0.884. The van der Waals surface area contributed by atoms with Gasteiger partial charge < -0.3 is 9.80 Å². The van der Waals surface area contributed by atoms with Gasteiger partial charge >= 0.3 is 0 Å². The highest BCUT2D eigenvalue weighted by Crippen LogP contribution is 2.25. The minimum Gasteiger partial charge on any atom is -0.353 e. The summed E-state index contributed by atoms with van der Waals surface area (Å²) in [6.07, 6.45) is 3.62. The third kappa shape index (κ3) is 2.63. The Morgan fingerprint density at radius 2 is 1.75 bits per heavy atom. The maximum atomic E-state index is 4.89. The largest absolute Gasteiger partial charge is 0.353 e. The van der Waals surface area contributed by atoms with Crippen molar-refractivity contribution in [3.8, 4) is 11.3 Å². The highest BCUT2D eigenvalue weighted by Gasteiger charge is 2.19. The highest BCUT2D eigenvalue weighted by molar-refractivity contribution is 5.66. The third-order valence-corrected chi connectivity index (χ3v) is 4.73. The first-order valence-electron chi connectivity index (χ1n) is 8.50. The van der Waals surface area contributed by atoms with Crippen molar-refractivity contribution in [3.63, 3.8) is 0 Å². The van der Waals surface area contributed by atoms with Gasteiger partial charge in [-0.25, -0.2) is 9.50 Å². The average molecular weight is 322 g/mol. The Balaban J connectivity index is 1.73. The molecular formula is C18H22N6. The fraction of sp³-hybridized carbons (Fsp3) is 0.389. The Hall–Kier alpha value is -2.47. The summed E-state index contributed by atoms with van der Waals surface area (Å²) in [5.74, 6) is 1.02. The molecule has 0 atom stereocenters. The van der Waals surface area contributed by atoms with Crippen molar-refractivity contribution in [2.45, 2.75) is 13.8 Å². The summed E-state index contributed by atoms with van der Waals surface area (Å²) < 4.78 is 1.96. The SMILES string of the molecule is CCN1CCN(c2ccc3nc(C)c(-c4ccncc4)n3n2)CC1. The number of anilines is 1. The van der Waals surface area contributed by atoms with E-state index in [1.807, 2.05) is 36.0 Å². The number of aryl methyl sites for hydroxylation is 1. The van der Waals surface area contributed by atoms with Crippen molar-refractivity contribution in [2.75, 3.05) is 37.6 Å². The summed E-state index contributed by atoms with van der Waals surface area (Å²) in [6.45, 7) is 9.59. The van der Waals surface area contributed by atoms with Gasteiger partial charge in [0, 0.05) is 44.1 Å². The summed E-state index contributed by atoms with van der Waals surface area (Å²) in [6, 6.07) is 8.15. The second kappa shape index (κ2) is 6.20. The van der Waals surface area contributed by atoms with E-state index in [1.54, 1.807) is 0 Å². The van der Waals surface area contributed by atoms with Crippen molar-refractivity contribution >= 4 is 11.5 Å². The van der Waals surface area contributed by atoms with Gasteiger partial charge in [-0.2, -0.15) is 0 Å². The van der Waals surface area contributed by atoms with Crippen LogP contribution < -0.4 is 4.90 Å². The van der Waals surface area contributed by atoms with E-state index in [1.165, 1.54) is 0 Å².